The van der Waals surface area contributed by atoms with E-state index in [0.717, 1.165) is 11.0 Å². The molecule has 3 aromatic carbocycles. The molecule has 164 valence electrons. The Morgan fingerprint density at radius 2 is 1.72 bits per heavy atom. The van der Waals surface area contributed by atoms with E-state index in [9.17, 15) is 8.42 Å². The van der Waals surface area contributed by atoms with Gasteiger partial charge in [-0.15, -0.1) is 10.2 Å². The summed E-state index contributed by atoms with van der Waals surface area (Å²) in [4.78, 5) is 0. The van der Waals surface area contributed by atoms with Crippen LogP contribution in [0.2, 0.25) is 10.0 Å². The standard InChI is InChI=1S/C22H19Cl2N5O2S/c23-19-7-1-4-16(12-19)10-11-32(30,31)27-21-9-3-6-18(14-21)22-25-28-29(26-22)15-17-5-2-8-20(24)13-17/h1-14,27-28H,15H2,(H,25,26)/b11-10+. The summed E-state index contributed by atoms with van der Waals surface area (Å²) in [6.45, 7) is 0.522. The fourth-order valence-corrected chi connectivity index (χ4v) is 4.29. The van der Waals surface area contributed by atoms with E-state index in [1.165, 1.54) is 6.08 Å². The SMILES string of the molecule is O=S(=O)(/C=C/c1cccc(Cl)c1)Nc1cccc(C2=NNN(Cc3cccc(Cl)c3)N2)c1. The minimum atomic E-state index is -3.71. The number of nitrogens with one attached hydrogen (secondary N) is 3. The van der Waals surface area contributed by atoms with Gasteiger partial charge in [0.25, 0.3) is 10.0 Å². The zero-order valence-electron chi connectivity index (χ0n) is 16.7. The molecule has 0 spiro atoms. The van der Waals surface area contributed by atoms with Crippen molar-refractivity contribution >= 4 is 50.8 Å². The van der Waals surface area contributed by atoms with Crippen molar-refractivity contribution in [3.63, 3.8) is 0 Å². The average molecular weight is 488 g/mol. The van der Waals surface area contributed by atoms with Gasteiger partial charge in [-0.05, 0) is 53.6 Å². The molecule has 0 radical (unpaired) electrons. The van der Waals surface area contributed by atoms with Crippen LogP contribution in [0.4, 0.5) is 5.69 Å². The van der Waals surface area contributed by atoms with Crippen LogP contribution in [0.15, 0.2) is 83.3 Å². The largest absolute Gasteiger partial charge is 0.282 e. The third-order valence-electron chi connectivity index (χ3n) is 4.44. The van der Waals surface area contributed by atoms with Gasteiger partial charge >= 0.3 is 0 Å². The molecule has 3 aromatic rings. The number of sulfonamides is 1. The van der Waals surface area contributed by atoms with Gasteiger partial charge in [-0.3, -0.25) is 10.1 Å². The van der Waals surface area contributed by atoms with Crippen LogP contribution in [0.25, 0.3) is 6.08 Å². The lowest BCUT2D eigenvalue weighted by molar-refractivity contribution is 0.170. The molecule has 0 unspecified atom stereocenters. The Kier molecular flexibility index (Phi) is 6.66. The highest BCUT2D eigenvalue weighted by atomic mass is 35.5. The summed E-state index contributed by atoms with van der Waals surface area (Å²) in [7, 11) is -3.71. The lowest BCUT2D eigenvalue weighted by atomic mass is 10.2. The average Bonchev–Trinajstić information content (AvgIpc) is 3.21. The molecular formula is C22H19Cl2N5O2S. The van der Waals surface area contributed by atoms with Gasteiger partial charge in [0, 0.05) is 21.3 Å². The van der Waals surface area contributed by atoms with E-state index >= 15 is 0 Å². The van der Waals surface area contributed by atoms with E-state index in [0.29, 0.717) is 39.2 Å². The maximum atomic E-state index is 12.5. The Bertz CT molecular complexity index is 1290. The first-order valence-corrected chi connectivity index (χ1v) is 11.9. The first-order valence-electron chi connectivity index (χ1n) is 9.55. The van der Waals surface area contributed by atoms with Crippen molar-refractivity contribution < 1.29 is 8.42 Å². The van der Waals surface area contributed by atoms with Gasteiger partial charge in [0.05, 0.1) is 12.0 Å². The topological polar surface area (TPSA) is 85.8 Å². The predicted molar refractivity (Wildman–Crippen MR) is 129 cm³/mol. The number of hydrazone groups is 1. The number of rotatable bonds is 7. The van der Waals surface area contributed by atoms with Crippen LogP contribution in [0.3, 0.4) is 0 Å². The molecule has 7 nitrogen and oxygen atoms in total. The smallest absolute Gasteiger partial charge is 0.255 e. The Morgan fingerprint density at radius 1 is 0.969 bits per heavy atom. The molecular weight excluding hydrogens is 469 g/mol. The van der Waals surface area contributed by atoms with Gasteiger partial charge in [-0.1, -0.05) is 59.6 Å². The minimum Gasteiger partial charge on any atom is -0.282 e. The number of amidine groups is 1. The molecule has 0 bridgehead atoms. The lowest BCUT2D eigenvalue weighted by Gasteiger charge is -2.16. The molecule has 32 heavy (non-hydrogen) atoms. The fraction of sp³-hybridized carbons (Fsp3) is 0.0455. The Morgan fingerprint density at radius 3 is 2.50 bits per heavy atom. The number of anilines is 1. The molecule has 4 rings (SSSR count). The fourth-order valence-electron chi connectivity index (χ4n) is 3.02. The van der Waals surface area contributed by atoms with E-state index in [1.807, 2.05) is 30.3 Å². The molecule has 0 atom stereocenters. The molecule has 0 aromatic heterocycles. The summed E-state index contributed by atoms with van der Waals surface area (Å²) in [5, 5.41) is 8.27. The summed E-state index contributed by atoms with van der Waals surface area (Å²) in [5.74, 6) is 0.558. The maximum absolute atomic E-state index is 12.5. The van der Waals surface area contributed by atoms with Crippen molar-refractivity contribution in [2.24, 2.45) is 5.10 Å². The van der Waals surface area contributed by atoms with Gasteiger partial charge in [0.2, 0.25) is 0 Å². The van der Waals surface area contributed by atoms with E-state index in [1.54, 1.807) is 47.6 Å². The van der Waals surface area contributed by atoms with E-state index in [4.69, 9.17) is 23.2 Å². The van der Waals surface area contributed by atoms with Crippen molar-refractivity contribution in [3.05, 3.63) is 105 Å². The van der Waals surface area contributed by atoms with Crippen molar-refractivity contribution in [3.8, 4) is 0 Å². The molecule has 0 amide bonds. The second kappa shape index (κ2) is 9.62. The molecule has 10 heteroatoms. The predicted octanol–water partition coefficient (Wildman–Crippen LogP) is 4.59. The third kappa shape index (κ3) is 6.02. The quantitative estimate of drug-likeness (QED) is 0.453. The lowest BCUT2D eigenvalue weighted by Crippen LogP contribution is -2.40. The zero-order chi connectivity index (χ0) is 22.6. The first kappa shape index (κ1) is 22.2. The van der Waals surface area contributed by atoms with Crippen LogP contribution in [0, 0.1) is 0 Å². The van der Waals surface area contributed by atoms with Crippen molar-refractivity contribution in [1.29, 1.82) is 0 Å². The second-order valence-corrected chi connectivity index (χ2v) is 9.41. The Hall–Kier alpha value is -3.04. The van der Waals surface area contributed by atoms with Crippen LogP contribution in [-0.4, -0.2) is 19.4 Å². The maximum Gasteiger partial charge on any atom is 0.255 e. The van der Waals surface area contributed by atoms with Gasteiger partial charge in [0.1, 0.15) is 0 Å². The normalized spacial score (nSPS) is 14.1. The third-order valence-corrected chi connectivity index (χ3v) is 5.92. The number of hydrogen-bond donors (Lipinski definition) is 3. The number of nitrogens with zero attached hydrogens (tertiary/aromatic N) is 2. The summed E-state index contributed by atoms with van der Waals surface area (Å²) in [5.41, 5.74) is 8.85. The summed E-state index contributed by atoms with van der Waals surface area (Å²) in [6.07, 6.45) is 1.48. The monoisotopic (exact) mass is 487 g/mol. The van der Waals surface area contributed by atoms with E-state index in [2.05, 4.69) is 20.8 Å². The highest BCUT2D eigenvalue weighted by molar-refractivity contribution is 7.95. The van der Waals surface area contributed by atoms with Crippen LogP contribution in [0.5, 0.6) is 0 Å². The number of hydrazine groups is 2. The van der Waals surface area contributed by atoms with Crippen LogP contribution in [0.1, 0.15) is 16.7 Å². The summed E-state index contributed by atoms with van der Waals surface area (Å²) < 4.78 is 27.5. The number of hydrogen-bond acceptors (Lipinski definition) is 6. The van der Waals surface area contributed by atoms with Crippen molar-refractivity contribution in [2.75, 3.05) is 4.72 Å². The van der Waals surface area contributed by atoms with Crippen molar-refractivity contribution in [1.82, 2.24) is 16.1 Å². The van der Waals surface area contributed by atoms with Crippen LogP contribution in [-0.2, 0) is 16.6 Å². The summed E-state index contributed by atoms with van der Waals surface area (Å²) >= 11 is 12.0. The van der Waals surface area contributed by atoms with Crippen LogP contribution < -0.4 is 15.7 Å². The second-order valence-electron chi connectivity index (χ2n) is 6.97. The number of halogens is 2. The Labute approximate surface area is 196 Å². The molecule has 0 saturated carbocycles. The molecule has 1 aliphatic heterocycles. The Balaban J connectivity index is 1.41. The molecule has 0 fully saturated rings. The highest BCUT2D eigenvalue weighted by Crippen LogP contribution is 2.17. The van der Waals surface area contributed by atoms with Crippen LogP contribution >= 0.6 is 23.2 Å². The minimum absolute atomic E-state index is 0.413. The van der Waals surface area contributed by atoms with Gasteiger partial charge in [-0.2, -0.15) is 0 Å². The first-order chi connectivity index (χ1) is 15.4. The van der Waals surface area contributed by atoms with Gasteiger partial charge in [0.15, 0.2) is 5.84 Å². The highest BCUT2D eigenvalue weighted by Gasteiger charge is 2.17. The van der Waals surface area contributed by atoms with E-state index < -0.39 is 10.0 Å². The molecule has 1 heterocycles. The zero-order valence-corrected chi connectivity index (χ0v) is 19.0. The molecule has 0 aliphatic carbocycles. The molecule has 0 saturated heterocycles. The van der Waals surface area contributed by atoms with E-state index in [-0.39, 0.29) is 0 Å². The van der Waals surface area contributed by atoms with Crippen molar-refractivity contribution in [2.45, 2.75) is 6.54 Å². The number of benzene rings is 3. The van der Waals surface area contributed by atoms with Gasteiger partial charge in [-0.25, -0.2) is 14.0 Å². The summed E-state index contributed by atoms with van der Waals surface area (Å²) in [6, 6.07) is 21.4. The van der Waals surface area contributed by atoms with Gasteiger partial charge < -0.3 is 0 Å². The molecule has 3 N–H and O–H groups in total. The molecule has 1 aliphatic rings.